The van der Waals surface area contributed by atoms with Gasteiger partial charge in [-0.25, -0.2) is 0 Å². The highest BCUT2D eigenvalue weighted by Gasteiger charge is 2.35. The lowest BCUT2D eigenvalue weighted by Gasteiger charge is -2.43. The van der Waals surface area contributed by atoms with Gasteiger partial charge >= 0.3 is 8.56 Å². The van der Waals surface area contributed by atoms with Crippen molar-refractivity contribution in [2.24, 2.45) is 0 Å². The molecule has 0 aliphatic heterocycles. The van der Waals surface area contributed by atoms with Crippen LogP contribution in [0, 0.1) is 0 Å². The zero-order chi connectivity index (χ0) is 18.1. The van der Waals surface area contributed by atoms with Gasteiger partial charge in [-0.3, -0.25) is 0 Å². The molecule has 0 atom stereocenters. The van der Waals surface area contributed by atoms with Crippen LogP contribution in [0.5, 0.6) is 0 Å². The van der Waals surface area contributed by atoms with Crippen molar-refractivity contribution in [1.29, 1.82) is 0 Å². The van der Waals surface area contributed by atoms with E-state index >= 15 is 0 Å². The van der Waals surface area contributed by atoms with E-state index in [0.29, 0.717) is 0 Å². The standard InChI is InChI=1S/C16H41NO3Si3/c1-10-19-23(12-3,20-11-2)16-15-18-14-13-17(21(4,5)6)22(7,8)9/h10-16H2,1-9H3. The molecule has 0 spiro atoms. The average Bonchev–Trinajstić information content (AvgIpc) is 2.40. The van der Waals surface area contributed by atoms with Crippen molar-refractivity contribution in [3.63, 3.8) is 0 Å². The zero-order valence-corrected chi connectivity index (χ0v) is 20.1. The maximum Gasteiger partial charge on any atom is 0.340 e. The van der Waals surface area contributed by atoms with Crippen molar-refractivity contribution < 1.29 is 13.6 Å². The number of nitrogens with zero attached hydrogens (tertiary/aromatic N) is 1. The van der Waals surface area contributed by atoms with Crippen LogP contribution in [-0.2, 0) is 13.6 Å². The summed E-state index contributed by atoms with van der Waals surface area (Å²) in [6, 6.07) is 1.93. The molecule has 0 radical (unpaired) electrons. The minimum absolute atomic E-state index is 0.735. The van der Waals surface area contributed by atoms with Gasteiger partial charge in [-0.15, -0.1) is 0 Å². The Morgan fingerprint density at radius 2 is 1.22 bits per heavy atom. The number of rotatable bonds is 13. The topological polar surface area (TPSA) is 30.9 Å². The predicted molar refractivity (Wildman–Crippen MR) is 109 cm³/mol. The summed E-state index contributed by atoms with van der Waals surface area (Å²) in [5.41, 5.74) is 0. The van der Waals surface area contributed by atoms with Crippen LogP contribution in [0.3, 0.4) is 0 Å². The van der Waals surface area contributed by atoms with Gasteiger partial charge in [0, 0.05) is 32.4 Å². The van der Waals surface area contributed by atoms with E-state index in [1.807, 2.05) is 0 Å². The Labute approximate surface area is 148 Å². The minimum atomic E-state index is -2.04. The van der Waals surface area contributed by atoms with E-state index in [0.717, 1.165) is 45.1 Å². The molecule has 0 aliphatic carbocycles. The Balaban J connectivity index is 4.38. The fourth-order valence-electron chi connectivity index (χ4n) is 3.26. The van der Waals surface area contributed by atoms with Crippen molar-refractivity contribution in [2.75, 3.05) is 33.0 Å². The van der Waals surface area contributed by atoms with Crippen LogP contribution >= 0.6 is 0 Å². The zero-order valence-electron chi connectivity index (χ0n) is 17.1. The molecule has 0 saturated heterocycles. The van der Waals surface area contributed by atoms with Crippen molar-refractivity contribution in [1.82, 2.24) is 4.23 Å². The molecule has 0 fully saturated rings. The number of ether oxygens (including phenoxy) is 1. The number of hydrogen-bond donors (Lipinski definition) is 0. The quantitative estimate of drug-likeness (QED) is 0.348. The van der Waals surface area contributed by atoms with Crippen LogP contribution in [0.2, 0.25) is 51.4 Å². The molecule has 0 rings (SSSR count). The third kappa shape index (κ3) is 8.95. The molecule has 0 saturated carbocycles. The maximum absolute atomic E-state index is 6.00. The first-order chi connectivity index (χ1) is 10.5. The molecule has 23 heavy (non-hydrogen) atoms. The van der Waals surface area contributed by atoms with Crippen molar-refractivity contribution in [3.05, 3.63) is 0 Å². The molecule has 4 nitrogen and oxygen atoms in total. The predicted octanol–water partition coefficient (Wildman–Crippen LogP) is 4.51. The molecular weight excluding hydrogens is 338 g/mol. The summed E-state index contributed by atoms with van der Waals surface area (Å²) in [5, 5.41) is 0. The molecule has 0 aromatic heterocycles. The van der Waals surface area contributed by atoms with Gasteiger partial charge in [-0.2, -0.15) is 0 Å². The normalized spacial score (nSPS) is 13.8. The fraction of sp³-hybridized carbons (Fsp3) is 1.00. The maximum atomic E-state index is 6.00. The van der Waals surface area contributed by atoms with E-state index in [1.165, 1.54) is 0 Å². The van der Waals surface area contributed by atoms with E-state index in [4.69, 9.17) is 13.6 Å². The second-order valence-corrected chi connectivity index (χ2v) is 21.8. The molecule has 0 heterocycles. The van der Waals surface area contributed by atoms with Crippen molar-refractivity contribution in [3.8, 4) is 0 Å². The fourth-order valence-corrected chi connectivity index (χ4v) is 15.5. The van der Waals surface area contributed by atoms with Gasteiger partial charge in [0.05, 0.1) is 6.61 Å². The van der Waals surface area contributed by atoms with Crippen LogP contribution in [0.1, 0.15) is 20.8 Å². The molecule has 140 valence electrons. The monoisotopic (exact) mass is 379 g/mol. The van der Waals surface area contributed by atoms with Crippen LogP contribution < -0.4 is 0 Å². The van der Waals surface area contributed by atoms with E-state index in [9.17, 15) is 0 Å². The van der Waals surface area contributed by atoms with E-state index in [2.05, 4.69) is 64.3 Å². The van der Waals surface area contributed by atoms with Gasteiger partial charge < -0.3 is 17.8 Å². The lowest BCUT2D eigenvalue weighted by atomic mass is 10.7. The van der Waals surface area contributed by atoms with Crippen molar-refractivity contribution in [2.45, 2.75) is 72.1 Å². The summed E-state index contributed by atoms with van der Waals surface area (Å²) in [5.74, 6) is 0. The summed E-state index contributed by atoms with van der Waals surface area (Å²) in [4.78, 5) is 0. The Hall–Kier alpha value is 0.491. The minimum Gasteiger partial charge on any atom is -0.394 e. The van der Waals surface area contributed by atoms with Gasteiger partial charge in [-0.1, -0.05) is 46.2 Å². The van der Waals surface area contributed by atoms with Gasteiger partial charge in [-0.05, 0) is 19.9 Å². The van der Waals surface area contributed by atoms with Gasteiger partial charge in [0.1, 0.15) is 16.5 Å². The highest BCUT2D eigenvalue weighted by Crippen LogP contribution is 2.20. The Bertz CT molecular complexity index is 297. The van der Waals surface area contributed by atoms with E-state index in [-0.39, 0.29) is 0 Å². The first kappa shape index (κ1) is 23.5. The summed E-state index contributed by atoms with van der Waals surface area (Å²) in [7, 11) is -4.59. The van der Waals surface area contributed by atoms with Crippen LogP contribution in [0.4, 0.5) is 0 Å². The summed E-state index contributed by atoms with van der Waals surface area (Å²) in [6.07, 6.45) is 0. The lowest BCUT2D eigenvalue weighted by Crippen LogP contribution is -2.60. The second-order valence-electron chi connectivity index (χ2n) is 7.99. The first-order valence-electron chi connectivity index (χ1n) is 9.15. The SMILES string of the molecule is CCO[Si](CC)(CCOCCN([Si](C)(C)C)[Si](C)(C)C)OCC. The van der Waals surface area contributed by atoms with Crippen LogP contribution in [0.25, 0.3) is 0 Å². The van der Waals surface area contributed by atoms with Crippen molar-refractivity contribution >= 4 is 25.0 Å². The third-order valence-electron chi connectivity index (χ3n) is 4.06. The summed E-state index contributed by atoms with van der Waals surface area (Å²) >= 11 is 0. The summed E-state index contributed by atoms with van der Waals surface area (Å²) in [6.45, 7) is 25.0. The molecule has 0 aromatic carbocycles. The largest absolute Gasteiger partial charge is 0.394 e. The molecule has 0 amide bonds. The Morgan fingerprint density at radius 3 is 1.57 bits per heavy atom. The van der Waals surface area contributed by atoms with Gasteiger partial charge in [0.25, 0.3) is 0 Å². The van der Waals surface area contributed by atoms with Crippen LogP contribution in [-0.4, -0.2) is 62.2 Å². The van der Waals surface area contributed by atoms with E-state index < -0.39 is 25.0 Å². The molecule has 0 aromatic rings. The molecule has 0 unspecified atom stereocenters. The third-order valence-corrected chi connectivity index (χ3v) is 15.4. The molecular formula is C16H41NO3Si3. The number of hydrogen-bond acceptors (Lipinski definition) is 4. The van der Waals surface area contributed by atoms with E-state index in [1.54, 1.807) is 0 Å². The summed E-state index contributed by atoms with van der Waals surface area (Å²) < 4.78 is 20.7. The molecule has 0 bridgehead atoms. The molecule has 0 aliphatic rings. The van der Waals surface area contributed by atoms with Crippen LogP contribution in [0.15, 0.2) is 0 Å². The molecule has 0 N–H and O–H groups in total. The van der Waals surface area contributed by atoms with Gasteiger partial charge in [0.2, 0.25) is 0 Å². The first-order valence-corrected chi connectivity index (χ1v) is 18.3. The Kier molecular flexibility index (Phi) is 10.7. The smallest absolute Gasteiger partial charge is 0.340 e. The molecule has 7 heteroatoms. The lowest BCUT2D eigenvalue weighted by molar-refractivity contribution is 0.123. The highest BCUT2D eigenvalue weighted by atomic mass is 28.4. The highest BCUT2D eigenvalue weighted by molar-refractivity contribution is 6.89. The average molecular weight is 380 g/mol. The Morgan fingerprint density at radius 1 is 0.739 bits per heavy atom. The van der Waals surface area contributed by atoms with Gasteiger partial charge in [0.15, 0.2) is 0 Å². The second kappa shape index (κ2) is 10.5.